The Morgan fingerprint density at radius 1 is 1.04 bits per heavy atom. The van der Waals surface area contributed by atoms with Crippen LogP contribution < -0.4 is 5.32 Å². The zero-order chi connectivity index (χ0) is 16.2. The van der Waals surface area contributed by atoms with Crippen LogP contribution in [-0.2, 0) is 9.59 Å². The maximum Gasteiger partial charge on any atom is 0.330 e. The zero-order valence-corrected chi connectivity index (χ0v) is 12.7. The van der Waals surface area contributed by atoms with Crippen LogP contribution in [0, 0.1) is 5.92 Å². The van der Waals surface area contributed by atoms with Gasteiger partial charge in [0.2, 0.25) is 5.91 Å². The Balaban J connectivity index is 1.58. The fourth-order valence-electron chi connectivity index (χ4n) is 2.97. The predicted octanol–water partition coefficient (Wildman–Crippen LogP) is 3.12. The van der Waals surface area contributed by atoms with Gasteiger partial charge in [-0.05, 0) is 29.4 Å². The Bertz CT molecular complexity index is 684. The maximum absolute atomic E-state index is 12.2. The summed E-state index contributed by atoms with van der Waals surface area (Å²) in [5.41, 5.74) is 1.84. The molecule has 0 bridgehead atoms. The van der Waals surface area contributed by atoms with Gasteiger partial charge in [0.15, 0.2) is 6.04 Å². The van der Waals surface area contributed by atoms with Gasteiger partial charge >= 0.3 is 5.97 Å². The van der Waals surface area contributed by atoms with Crippen molar-refractivity contribution in [2.24, 2.45) is 5.92 Å². The quantitative estimate of drug-likeness (QED) is 0.861. The van der Waals surface area contributed by atoms with E-state index in [-0.39, 0.29) is 5.91 Å². The molecule has 1 saturated carbocycles. The molecule has 0 unspecified atom stereocenters. The van der Waals surface area contributed by atoms with Gasteiger partial charge in [0.1, 0.15) is 0 Å². The topological polar surface area (TPSA) is 66.4 Å². The number of carboxylic acid groups (broad SMARTS) is 1. The van der Waals surface area contributed by atoms with E-state index in [1.807, 2.05) is 24.3 Å². The van der Waals surface area contributed by atoms with E-state index in [1.54, 1.807) is 24.3 Å². The average Bonchev–Trinajstić information content (AvgIpc) is 3.33. The molecule has 1 aliphatic rings. The van der Waals surface area contributed by atoms with Crippen molar-refractivity contribution in [2.45, 2.75) is 24.8 Å². The molecule has 1 aliphatic carbocycles. The third-order valence-corrected chi connectivity index (χ3v) is 4.28. The van der Waals surface area contributed by atoms with E-state index in [2.05, 4.69) is 17.4 Å². The molecule has 2 N–H and O–H groups in total. The first-order chi connectivity index (χ1) is 11.1. The molecule has 4 heteroatoms. The van der Waals surface area contributed by atoms with E-state index in [1.165, 1.54) is 5.56 Å². The van der Waals surface area contributed by atoms with Gasteiger partial charge in [-0.1, -0.05) is 60.7 Å². The monoisotopic (exact) mass is 309 g/mol. The molecular formula is C19H19NO3. The molecule has 2 aromatic carbocycles. The third-order valence-electron chi connectivity index (χ3n) is 4.28. The van der Waals surface area contributed by atoms with Gasteiger partial charge in [0.05, 0.1) is 0 Å². The van der Waals surface area contributed by atoms with E-state index >= 15 is 0 Å². The molecule has 0 radical (unpaired) electrons. The van der Waals surface area contributed by atoms with Crippen LogP contribution in [0.25, 0.3) is 0 Å². The average molecular weight is 309 g/mol. The fourth-order valence-corrected chi connectivity index (χ4v) is 2.97. The number of benzene rings is 2. The van der Waals surface area contributed by atoms with Gasteiger partial charge in [-0.25, -0.2) is 4.79 Å². The second-order valence-electron chi connectivity index (χ2n) is 5.97. The summed E-state index contributed by atoms with van der Waals surface area (Å²) in [6.07, 6.45) is 1.36. The lowest BCUT2D eigenvalue weighted by molar-refractivity contribution is -0.142. The largest absolute Gasteiger partial charge is 0.479 e. The lowest BCUT2D eigenvalue weighted by Crippen LogP contribution is -2.33. The zero-order valence-electron chi connectivity index (χ0n) is 12.7. The highest BCUT2D eigenvalue weighted by Crippen LogP contribution is 2.49. The highest BCUT2D eigenvalue weighted by atomic mass is 16.4. The molecule has 1 amide bonds. The van der Waals surface area contributed by atoms with Crippen LogP contribution in [-0.4, -0.2) is 17.0 Å². The highest BCUT2D eigenvalue weighted by molar-refractivity contribution is 5.84. The number of rotatable bonds is 6. The number of hydrogen-bond donors (Lipinski definition) is 2. The molecule has 1 fully saturated rings. The summed E-state index contributed by atoms with van der Waals surface area (Å²) in [6.45, 7) is 0. The minimum atomic E-state index is -1.04. The number of hydrogen-bond acceptors (Lipinski definition) is 2. The van der Waals surface area contributed by atoms with Crippen LogP contribution in [0.15, 0.2) is 60.7 Å². The van der Waals surface area contributed by atoms with Crippen LogP contribution in [0.5, 0.6) is 0 Å². The van der Waals surface area contributed by atoms with Gasteiger partial charge in [-0.15, -0.1) is 0 Å². The Kier molecular flexibility index (Phi) is 4.42. The second kappa shape index (κ2) is 6.65. The number of carboxylic acids is 1. The molecule has 0 heterocycles. The van der Waals surface area contributed by atoms with Crippen LogP contribution >= 0.6 is 0 Å². The molecular weight excluding hydrogens is 290 g/mol. The molecule has 2 aromatic rings. The first kappa shape index (κ1) is 15.3. The lowest BCUT2D eigenvalue weighted by Gasteiger charge is -2.14. The van der Waals surface area contributed by atoms with Gasteiger partial charge in [0.25, 0.3) is 0 Å². The van der Waals surface area contributed by atoms with Crippen LogP contribution in [0.3, 0.4) is 0 Å². The Morgan fingerprint density at radius 3 is 2.26 bits per heavy atom. The molecule has 4 nitrogen and oxygen atoms in total. The standard InChI is InChI=1S/C19H19NO3/c21-17(12-15-11-16(15)13-7-3-1-4-8-13)20-18(19(22)23)14-9-5-2-6-10-14/h1-10,15-16,18H,11-12H2,(H,20,21)(H,22,23)/t15-,16-,18+/m0/s1. The van der Waals surface area contributed by atoms with E-state index in [0.717, 1.165) is 6.42 Å². The number of aliphatic carboxylic acids is 1. The van der Waals surface area contributed by atoms with Crippen molar-refractivity contribution in [2.75, 3.05) is 0 Å². The van der Waals surface area contributed by atoms with Crippen molar-refractivity contribution in [3.63, 3.8) is 0 Å². The summed E-state index contributed by atoms with van der Waals surface area (Å²) >= 11 is 0. The smallest absolute Gasteiger partial charge is 0.330 e. The minimum absolute atomic E-state index is 0.204. The van der Waals surface area contributed by atoms with Crippen molar-refractivity contribution in [3.05, 3.63) is 71.8 Å². The van der Waals surface area contributed by atoms with E-state index in [9.17, 15) is 14.7 Å². The highest BCUT2D eigenvalue weighted by Gasteiger charge is 2.39. The Morgan fingerprint density at radius 2 is 1.65 bits per heavy atom. The SMILES string of the molecule is O=C(C[C@@H]1C[C@H]1c1ccccc1)N[C@@H](C(=O)O)c1ccccc1. The number of amides is 1. The molecule has 0 saturated heterocycles. The van der Waals surface area contributed by atoms with Crippen molar-refractivity contribution in [1.29, 1.82) is 0 Å². The minimum Gasteiger partial charge on any atom is -0.479 e. The second-order valence-corrected chi connectivity index (χ2v) is 5.97. The van der Waals surface area contributed by atoms with Crippen molar-refractivity contribution < 1.29 is 14.7 Å². The Hall–Kier alpha value is -2.62. The summed E-state index contributed by atoms with van der Waals surface area (Å²) in [5.74, 6) is -0.519. The summed E-state index contributed by atoms with van der Waals surface area (Å²) in [4.78, 5) is 23.6. The van der Waals surface area contributed by atoms with Crippen molar-refractivity contribution in [3.8, 4) is 0 Å². The summed E-state index contributed by atoms with van der Waals surface area (Å²) in [5, 5.41) is 12.0. The van der Waals surface area contributed by atoms with Crippen LogP contribution in [0.4, 0.5) is 0 Å². The van der Waals surface area contributed by atoms with E-state index in [4.69, 9.17) is 0 Å². The summed E-state index contributed by atoms with van der Waals surface area (Å²) in [6, 6.07) is 17.9. The Labute approximate surface area is 135 Å². The van der Waals surface area contributed by atoms with Gasteiger partial charge < -0.3 is 10.4 Å². The van der Waals surface area contributed by atoms with Gasteiger partial charge in [-0.2, -0.15) is 0 Å². The summed E-state index contributed by atoms with van der Waals surface area (Å²) < 4.78 is 0. The summed E-state index contributed by atoms with van der Waals surface area (Å²) in [7, 11) is 0. The number of carbonyl (C=O) groups excluding carboxylic acids is 1. The molecule has 3 rings (SSSR count). The molecule has 0 aliphatic heterocycles. The van der Waals surface area contributed by atoms with Crippen LogP contribution in [0.2, 0.25) is 0 Å². The molecule has 23 heavy (non-hydrogen) atoms. The van der Waals surface area contributed by atoms with Gasteiger partial charge in [0, 0.05) is 6.42 Å². The number of nitrogens with one attached hydrogen (secondary N) is 1. The molecule has 0 spiro atoms. The predicted molar refractivity (Wildman–Crippen MR) is 86.9 cm³/mol. The van der Waals surface area contributed by atoms with Gasteiger partial charge in [-0.3, -0.25) is 4.79 Å². The first-order valence-electron chi connectivity index (χ1n) is 7.77. The normalized spacial score (nSPS) is 20.5. The van der Waals surface area contributed by atoms with Crippen molar-refractivity contribution >= 4 is 11.9 Å². The molecule has 0 aromatic heterocycles. The first-order valence-corrected chi connectivity index (χ1v) is 7.77. The van der Waals surface area contributed by atoms with Crippen LogP contribution in [0.1, 0.15) is 35.9 Å². The van der Waals surface area contributed by atoms with E-state index < -0.39 is 12.0 Å². The maximum atomic E-state index is 12.2. The van der Waals surface area contributed by atoms with Crippen molar-refractivity contribution in [1.82, 2.24) is 5.32 Å². The third kappa shape index (κ3) is 3.77. The lowest BCUT2D eigenvalue weighted by atomic mass is 10.1. The fraction of sp³-hybridized carbons (Fsp3) is 0.263. The number of carbonyl (C=O) groups is 2. The van der Waals surface area contributed by atoms with E-state index in [0.29, 0.717) is 23.8 Å². The molecule has 3 atom stereocenters. The molecule has 118 valence electrons.